The molecule has 0 spiro atoms. The molecule has 19 heavy (non-hydrogen) atoms. The van der Waals surface area contributed by atoms with E-state index in [1.54, 1.807) is 6.92 Å². The zero-order valence-corrected chi connectivity index (χ0v) is 11.2. The Labute approximate surface area is 111 Å². The van der Waals surface area contributed by atoms with Gasteiger partial charge in [0.2, 0.25) is 0 Å². The van der Waals surface area contributed by atoms with Crippen LogP contribution in [0.2, 0.25) is 0 Å². The van der Waals surface area contributed by atoms with E-state index in [4.69, 9.17) is 4.74 Å². The normalized spacial score (nSPS) is 15.8. The highest BCUT2D eigenvalue weighted by Gasteiger charge is 2.29. The van der Waals surface area contributed by atoms with Crippen molar-refractivity contribution >= 4 is 18.0 Å². The Hall–Kier alpha value is -1.79. The number of hydrogen-bond donors (Lipinski definition) is 0. The second-order valence-electron chi connectivity index (χ2n) is 4.14. The SMILES string of the molecule is CCOC(=O)COC(=O)C1CCN(C(=O)OC)CC1. The second kappa shape index (κ2) is 7.60. The van der Waals surface area contributed by atoms with E-state index in [2.05, 4.69) is 9.47 Å². The van der Waals surface area contributed by atoms with Crippen LogP contribution in [-0.4, -0.2) is 56.3 Å². The number of nitrogens with zero attached hydrogens (tertiary/aromatic N) is 1. The number of carbonyl (C=O) groups excluding carboxylic acids is 3. The molecule has 7 nitrogen and oxygen atoms in total. The van der Waals surface area contributed by atoms with E-state index in [1.165, 1.54) is 12.0 Å². The smallest absolute Gasteiger partial charge is 0.409 e. The standard InChI is InChI=1S/C12H19NO6/c1-3-18-10(14)8-19-11(15)9-4-6-13(7-5-9)12(16)17-2/h9H,3-8H2,1-2H3. The number of piperidine rings is 1. The van der Waals surface area contributed by atoms with E-state index in [9.17, 15) is 14.4 Å². The summed E-state index contributed by atoms with van der Waals surface area (Å²) in [5.74, 6) is -1.25. The molecule has 0 aromatic carbocycles. The summed E-state index contributed by atoms with van der Waals surface area (Å²) in [6, 6.07) is 0. The van der Waals surface area contributed by atoms with Crippen molar-refractivity contribution in [1.29, 1.82) is 0 Å². The molecule has 0 bridgehead atoms. The maximum atomic E-state index is 11.7. The van der Waals surface area contributed by atoms with E-state index in [0.717, 1.165) is 0 Å². The monoisotopic (exact) mass is 273 g/mol. The average Bonchev–Trinajstić information content (AvgIpc) is 2.44. The molecule has 0 aromatic rings. The van der Waals surface area contributed by atoms with Crippen LogP contribution < -0.4 is 0 Å². The Balaban J connectivity index is 2.29. The Morgan fingerprint density at radius 2 is 1.79 bits per heavy atom. The van der Waals surface area contributed by atoms with Crippen molar-refractivity contribution in [2.24, 2.45) is 5.92 Å². The third-order valence-electron chi connectivity index (χ3n) is 2.90. The van der Waals surface area contributed by atoms with Crippen molar-refractivity contribution < 1.29 is 28.6 Å². The van der Waals surface area contributed by atoms with E-state index < -0.39 is 18.0 Å². The fourth-order valence-corrected chi connectivity index (χ4v) is 1.88. The second-order valence-corrected chi connectivity index (χ2v) is 4.14. The molecule has 1 amide bonds. The van der Waals surface area contributed by atoms with Crippen LogP contribution in [0.15, 0.2) is 0 Å². The lowest BCUT2D eigenvalue weighted by atomic mass is 9.97. The molecule has 0 saturated carbocycles. The van der Waals surface area contributed by atoms with Crippen molar-refractivity contribution in [3.05, 3.63) is 0 Å². The molecule has 0 unspecified atom stereocenters. The molecule has 0 aliphatic carbocycles. The highest BCUT2D eigenvalue weighted by Crippen LogP contribution is 2.19. The van der Waals surface area contributed by atoms with Crippen molar-refractivity contribution in [2.75, 3.05) is 33.4 Å². The van der Waals surface area contributed by atoms with Crippen molar-refractivity contribution in [3.8, 4) is 0 Å². The van der Waals surface area contributed by atoms with Gasteiger partial charge < -0.3 is 19.1 Å². The molecule has 1 aliphatic rings. The van der Waals surface area contributed by atoms with Crippen LogP contribution in [0.5, 0.6) is 0 Å². The Morgan fingerprint density at radius 1 is 1.16 bits per heavy atom. The predicted molar refractivity (Wildman–Crippen MR) is 64.3 cm³/mol. The molecule has 0 N–H and O–H groups in total. The van der Waals surface area contributed by atoms with E-state index >= 15 is 0 Å². The van der Waals surface area contributed by atoms with Gasteiger partial charge in [-0.15, -0.1) is 0 Å². The largest absolute Gasteiger partial charge is 0.463 e. The Morgan fingerprint density at radius 3 is 2.32 bits per heavy atom. The van der Waals surface area contributed by atoms with Crippen LogP contribution in [0, 0.1) is 5.92 Å². The number of hydrogen-bond acceptors (Lipinski definition) is 6. The molecule has 1 saturated heterocycles. The summed E-state index contributed by atoms with van der Waals surface area (Å²) in [6.45, 7) is 2.48. The first kappa shape index (κ1) is 15.3. The maximum Gasteiger partial charge on any atom is 0.409 e. The summed E-state index contributed by atoms with van der Waals surface area (Å²) in [7, 11) is 1.32. The zero-order valence-electron chi connectivity index (χ0n) is 11.2. The lowest BCUT2D eigenvalue weighted by Crippen LogP contribution is -2.40. The summed E-state index contributed by atoms with van der Waals surface area (Å²) < 4.78 is 14.1. The van der Waals surface area contributed by atoms with Gasteiger partial charge in [0.05, 0.1) is 19.6 Å². The van der Waals surface area contributed by atoms with Crippen LogP contribution >= 0.6 is 0 Å². The summed E-state index contributed by atoms with van der Waals surface area (Å²) in [4.78, 5) is 35.5. The molecule has 1 rings (SSSR count). The molecule has 1 fully saturated rings. The summed E-state index contributed by atoms with van der Waals surface area (Å²) in [6.07, 6.45) is 0.631. The Bertz CT molecular complexity index is 335. The van der Waals surface area contributed by atoms with Crippen LogP contribution in [0.25, 0.3) is 0 Å². The van der Waals surface area contributed by atoms with Gasteiger partial charge in [0.25, 0.3) is 0 Å². The van der Waals surface area contributed by atoms with Gasteiger partial charge in [-0.25, -0.2) is 9.59 Å². The Kier molecular flexibility index (Phi) is 6.11. The summed E-state index contributed by atoms with van der Waals surface area (Å²) in [5, 5.41) is 0. The number of esters is 2. The molecule has 1 heterocycles. The molecule has 0 radical (unpaired) electrons. The van der Waals surface area contributed by atoms with Gasteiger partial charge in [-0.3, -0.25) is 4.79 Å². The number of ether oxygens (including phenoxy) is 3. The first-order chi connectivity index (χ1) is 9.08. The van der Waals surface area contributed by atoms with Gasteiger partial charge in [-0.05, 0) is 19.8 Å². The molecular weight excluding hydrogens is 254 g/mol. The van der Waals surface area contributed by atoms with E-state index in [1.807, 2.05) is 0 Å². The van der Waals surface area contributed by atoms with Crippen LogP contribution in [-0.2, 0) is 23.8 Å². The van der Waals surface area contributed by atoms with Gasteiger partial charge in [0.1, 0.15) is 0 Å². The third kappa shape index (κ3) is 4.76. The van der Waals surface area contributed by atoms with Crippen molar-refractivity contribution in [2.45, 2.75) is 19.8 Å². The first-order valence-corrected chi connectivity index (χ1v) is 6.23. The van der Waals surface area contributed by atoms with Crippen molar-refractivity contribution in [3.63, 3.8) is 0 Å². The molecule has 1 aliphatic heterocycles. The first-order valence-electron chi connectivity index (χ1n) is 6.23. The lowest BCUT2D eigenvalue weighted by molar-refractivity contribution is -0.161. The molecule has 0 atom stereocenters. The van der Waals surface area contributed by atoms with Gasteiger partial charge in [-0.1, -0.05) is 0 Å². The van der Waals surface area contributed by atoms with Gasteiger partial charge in [0.15, 0.2) is 6.61 Å². The van der Waals surface area contributed by atoms with Crippen LogP contribution in [0.1, 0.15) is 19.8 Å². The molecule has 7 heteroatoms. The van der Waals surface area contributed by atoms with E-state index in [0.29, 0.717) is 25.9 Å². The average molecular weight is 273 g/mol. The van der Waals surface area contributed by atoms with Crippen LogP contribution in [0.3, 0.4) is 0 Å². The van der Waals surface area contributed by atoms with Gasteiger partial charge in [-0.2, -0.15) is 0 Å². The number of methoxy groups -OCH3 is 1. The maximum absolute atomic E-state index is 11.7. The summed E-state index contributed by atoms with van der Waals surface area (Å²) >= 11 is 0. The van der Waals surface area contributed by atoms with Crippen molar-refractivity contribution in [1.82, 2.24) is 4.90 Å². The number of likely N-dealkylation sites (tertiary alicyclic amines) is 1. The molecule has 108 valence electrons. The quantitative estimate of drug-likeness (QED) is 0.550. The zero-order chi connectivity index (χ0) is 14.3. The van der Waals surface area contributed by atoms with Gasteiger partial charge >= 0.3 is 18.0 Å². The third-order valence-corrected chi connectivity index (χ3v) is 2.90. The van der Waals surface area contributed by atoms with Gasteiger partial charge in [0, 0.05) is 13.1 Å². The highest BCUT2D eigenvalue weighted by atomic mass is 16.6. The predicted octanol–water partition coefficient (Wildman–Crippen LogP) is 0.571. The lowest BCUT2D eigenvalue weighted by Gasteiger charge is -2.29. The number of carbonyl (C=O) groups is 3. The fourth-order valence-electron chi connectivity index (χ4n) is 1.88. The fraction of sp³-hybridized carbons (Fsp3) is 0.750. The molecule has 0 aromatic heterocycles. The van der Waals surface area contributed by atoms with Crippen LogP contribution in [0.4, 0.5) is 4.79 Å². The minimum Gasteiger partial charge on any atom is -0.463 e. The minimum atomic E-state index is -0.553. The highest BCUT2D eigenvalue weighted by molar-refractivity contribution is 5.78. The number of amides is 1. The molecular formula is C12H19NO6. The summed E-state index contributed by atoms with van der Waals surface area (Å²) in [5.41, 5.74) is 0. The topological polar surface area (TPSA) is 82.1 Å². The minimum absolute atomic E-state index is 0.258. The number of rotatable bonds is 4. The van der Waals surface area contributed by atoms with E-state index in [-0.39, 0.29) is 19.1 Å².